The first-order valence-electron chi connectivity index (χ1n) is 2.46. The molecule has 1 fully saturated rings. The topological polar surface area (TPSA) is 47.3 Å². The van der Waals surface area contributed by atoms with Crippen LogP contribution in [0.2, 0.25) is 0 Å². The fourth-order valence-electron chi connectivity index (χ4n) is 0.586. The van der Waals surface area contributed by atoms with Gasteiger partial charge in [-0.15, -0.1) is 0 Å². The molecule has 0 unspecified atom stereocenters. The lowest BCUT2D eigenvalue weighted by Gasteiger charge is -2.18. The van der Waals surface area contributed by atoms with E-state index in [2.05, 4.69) is 5.32 Å². The van der Waals surface area contributed by atoms with Gasteiger partial charge >= 0.3 is 0 Å². The Kier molecular flexibility index (Phi) is 1.62. The zero-order valence-corrected chi connectivity index (χ0v) is 4.18. The summed E-state index contributed by atoms with van der Waals surface area (Å²) in [7, 11) is 0. The lowest BCUT2D eigenvalue weighted by molar-refractivity contribution is 0.0789. The van der Waals surface area contributed by atoms with Crippen molar-refractivity contribution in [3.8, 4) is 0 Å². The molecule has 0 aromatic rings. The van der Waals surface area contributed by atoms with Crippen molar-refractivity contribution in [2.24, 2.45) is 5.73 Å². The molecule has 0 aromatic heterocycles. The van der Waals surface area contributed by atoms with Gasteiger partial charge < -0.3 is 10.5 Å². The fraction of sp³-hybridized carbons (Fsp3) is 1.00. The molecule has 42 valence electrons. The maximum absolute atomic E-state index is 5.40. The molecule has 1 saturated heterocycles. The smallest absolute Gasteiger partial charge is 0.0788 e. The van der Waals surface area contributed by atoms with Crippen molar-refractivity contribution >= 4 is 0 Å². The molecule has 7 heavy (non-hydrogen) atoms. The summed E-state index contributed by atoms with van der Waals surface area (Å²) in [6, 6.07) is 0. The maximum Gasteiger partial charge on any atom is 0.0788 e. The van der Waals surface area contributed by atoms with Gasteiger partial charge in [0.1, 0.15) is 0 Å². The summed E-state index contributed by atoms with van der Waals surface area (Å²) in [6.45, 7) is 2.34. The van der Waals surface area contributed by atoms with Crippen LogP contribution in [0.25, 0.3) is 0 Å². The molecule has 0 aliphatic carbocycles. The van der Waals surface area contributed by atoms with E-state index in [1.165, 1.54) is 0 Å². The van der Waals surface area contributed by atoms with E-state index in [-0.39, 0.29) is 6.17 Å². The zero-order valence-electron chi connectivity index (χ0n) is 4.18. The van der Waals surface area contributed by atoms with Crippen LogP contribution < -0.4 is 11.1 Å². The third kappa shape index (κ3) is 1.43. The van der Waals surface area contributed by atoms with E-state index >= 15 is 0 Å². The van der Waals surface area contributed by atoms with Gasteiger partial charge in [0.25, 0.3) is 0 Å². The monoisotopic (exact) mass is 102 g/mol. The van der Waals surface area contributed by atoms with Crippen LogP contribution in [0.4, 0.5) is 0 Å². The average Bonchev–Trinajstić information content (AvgIpc) is 1.69. The number of hydrogen-bond acceptors (Lipinski definition) is 3. The van der Waals surface area contributed by atoms with E-state index in [4.69, 9.17) is 10.5 Å². The number of nitrogens with one attached hydrogen (secondary N) is 1. The molecule has 1 heterocycles. The van der Waals surface area contributed by atoms with E-state index in [0.717, 1.165) is 13.2 Å². The summed E-state index contributed by atoms with van der Waals surface area (Å²) in [6.07, 6.45) is 0.0637. The summed E-state index contributed by atoms with van der Waals surface area (Å²) in [5.74, 6) is 0. The van der Waals surface area contributed by atoms with Crippen LogP contribution in [0.3, 0.4) is 0 Å². The van der Waals surface area contributed by atoms with Crippen molar-refractivity contribution in [2.75, 3.05) is 19.8 Å². The molecule has 0 bridgehead atoms. The number of hydrogen-bond donors (Lipinski definition) is 2. The molecule has 3 nitrogen and oxygen atoms in total. The summed E-state index contributed by atoms with van der Waals surface area (Å²) in [5, 5.41) is 3.03. The molecule has 1 aliphatic rings. The Morgan fingerprint density at radius 2 is 2.57 bits per heavy atom. The molecule has 0 saturated carbocycles. The van der Waals surface area contributed by atoms with Gasteiger partial charge in [-0.1, -0.05) is 0 Å². The number of morpholine rings is 1. The Labute approximate surface area is 42.8 Å². The third-order valence-electron chi connectivity index (χ3n) is 0.950. The molecule has 0 amide bonds. The largest absolute Gasteiger partial charge is 0.377 e. The first-order chi connectivity index (χ1) is 3.39. The predicted molar refractivity (Wildman–Crippen MR) is 26.8 cm³/mol. The second-order valence-electron chi connectivity index (χ2n) is 1.64. The molecule has 0 radical (unpaired) electrons. The lowest BCUT2D eigenvalue weighted by atomic mass is 10.5. The number of nitrogens with two attached hydrogens (primary N) is 1. The first kappa shape index (κ1) is 5.03. The van der Waals surface area contributed by atoms with Crippen LogP contribution in [0.15, 0.2) is 0 Å². The molecule has 1 rings (SSSR count). The van der Waals surface area contributed by atoms with Crippen LogP contribution in [-0.4, -0.2) is 25.9 Å². The SMILES string of the molecule is N[C@@H]1COCCN1. The van der Waals surface area contributed by atoms with Gasteiger partial charge in [0.15, 0.2) is 0 Å². The summed E-state index contributed by atoms with van der Waals surface area (Å²) in [4.78, 5) is 0. The summed E-state index contributed by atoms with van der Waals surface area (Å²) < 4.78 is 4.99. The Balaban J connectivity index is 2.12. The Morgan fingerprint density at radius 3 is 2.86 bits per heavy atom. The molecule has 1 aliphatic heterocycles. The second kappa shape index (κ2) is 2.26. The number of ether oxygens (including phenoxy) is 1. The quantitative estimate of drug-likeness (QED) is 0.408. The Hall–Kier alpha value is -0.120. The molecule has 0 spiro atoms. The van der Waals surface area contributed by atoms with Gasteiger partial charge in [0, 0.05) is 6.54 Å². The minimum absolute atomic E-state index is 0.0637. The van der Waals surface area contributed by atoms with Crippen molar-refractivity contribution in [1.29, 1.82) is 0 Å². The first-order valence-corrected chi connectivity index (χ1v) is 2.46. The zero-order chi connectivity index (χ0) is 5.11. The van der Waals surface area contributed by atoms with Gasteiger partial charge in [-0.25, -0.2) is 0 Å². The van der Waals surface area contributed by atoms with Gasteiger partial charge in [-0.2, -0.15) is 0 Å². The van der Waals surface area contributed by atoms with E-state index in [0.29, 0.717) is 6.61 Å². The molecule has 3 N–H and O–H groups in total. The molecular weight excluding hydrogens is 92.1 g/mol. The highest BCUT2D eigenvalue weighted by Gasteiger charge is 2.04. The minimum atomic E-state index is 0.0637. The van der Waals surface area contributed by atoms with Gasteiger partial charge in [0.2, 0.25) is 0 Å². The molecular formula is C4H10N2O. The molecule has 0 aromatic carbocycles. The standard InChI is InChI=1S/C4H10N2O/c5-4-3-7-2-1-6-4/h4,6H,1-3,5H2/t4-/m0/s1. The second-order valence-corrected chi connectivity index (χ2v) is 1.64. The summed E-state index contributed by atoms with van der Waals surface area (Å²) >= 11 is 0. The van der Waals surface area contributed by atoms with Crippen molar-refractivity contribution < 1.29 is 4.74 Å². The van der Waals surface area contributed by atoms with Crippen molar-refractivity contribution in [2.45, 2.75) is 6.17 Å². The van der Waals surface area contributed by atoms with Crippen LogP contribution in [-0.2, 0) is 4.74 Å². The number of rotatable bonds is 0. The summed E-state index contributed by atoms with van der Waals surface area (Å²) in [5.41, 5.74) is 5.40. The maximum atomic E-state index is 5.40. The highest BCUT2D eigenvalue weighted by molar-refractivity contribution is 4.60. The van der Waals surface area contributed by atoms with Crippen LogP contribution in [0.5, 0.6) is 0 Å². The van der Waals surface area contributed by atoms with Gasteiger partial charge in [-0.05, 0) is 0 Å². The average molecular weight is 102 g/mol. The highest BCUT2D eigenvalue weighted by Crippen LogP contribution is 1.82. The predicted octanol–water partition coefficient (Wildman–Crippen LogP) is -1.11. The van der Waals surface area contributed by atoms with Gasteiger partial charge in [0.05, 0.1) is 19.4 Å². The minimum Gasteiger partial charge on any atom is -0.377 e. The third-order valence-corrected chi connectivity index (χ3v) is 0.950. The van der Waals surface area contributed by atoms with E-state index in [1.807, 2.05) is 0 Å². The van der Waals surface area contributed by atoms with Crippen LogP contribution in [0, 0.1) is 0 Å². The molecule has 1 atom stereocenters. The Morgan fingerprint density at radius 1 is 1.71 bits per heavy atom. The molecule has 3 heteroatoms. The van der Waals surface area contributed by atoms with Crippen LogP contribution >= 0.6 is 0 Å². The van der Waals surface area contributed by atoms with E-state index in [1.54, 1.807) is 0 Å². The fourth-order valence-corrected chi connectivity index (χ4v) is 0.586. The van der Waals surface area contributed by atoms with Crippen molar-refractivity contribution in [1.82, 2.24) is 5.32 Å². The lowest BCUT2D eigenvalue weighted by Crippen LogP contribution is -2.47. The van der Waals surface area contributed by atoms with Crippen LogP contribution in [0.1, 0.15) is 0 Å². The van der Waals surface area contributed by atoms with Gasteiger partial charge in [-0.3, -0.25) is 5.32 Å². The normalized spacial score (nSPS) is 33.0. The van der Waals surface area contributed by atoms with Crippen molar-refractivity contribution in [3.05, 3.63) is 0 Å². The Bertz CT molecular complexity index is 51.7. The highest BCUT2D eigenvalue weighted by atomic mass is 16.5. The van der Waals surface area contributed by atoms with Crippen molar-refractivity contribution in [3.63, 3.8) is 0 Å². The van der Waals surface area contributed by atoms with E-state index < -0.39 is 0 Å². The van der Waals surface area contributed by atoms with E-state index in [9.17, 15) is 0 Å².